The first-order valence-corrected chi connectivity index (χ1v) is 21.0. The van der Waals surface area contributed by atoms with E-state index in [1.54, 1.807) is 13.0 Å². The molecule has 0 saturated carbocycles. The number of aliphatic imine (C=N–C) groups is 1. The van der Waals surface area contributed by atoms with Crippen LogP contribution in [-0.2, 0) is 35.7 Å². The number of aromatic hydroxyl groups is 4. The van der Waals surface area contributed by atoms with E-state index < -0.39 is 56.4 Å². The van der Waals surface area contributed by atoms with Gasteiger partial charge in [0.05, 0.1) is 16.1 Å². The predicted molar refractivity (Wildman–Crippen MR) is 209 cm³/mol. The predicted octanol–water partition coefficient (Wildman–Crippen LogP) is -1.36. The van der Waals surface area contributed by atoms with Crippen molar-refractivity contribution in [3.05, 3.63) is 87.4 Å². The van der Waals surface area contributed by atoms with Gasteiger partial charge in [0, 0.05) is 28.7 Å². The Balaban J connectivity index is 0.00000331. The first-order chi connectivity index (χ1) is 27.1. The SMILES string of the molecule is CC1=NC2=CN(CS(=O)(=O)c3ccc(O)c(O)c3)NN2C(SCC2=C(C(=O)O)N3C(=O)[C@@H](NC(=O)C(=NOCc4ccc(O)c(O)c4)c4csc(N)n4)[C@H]3SC2)=C1.[H-].[Na+]. The number of allylic oxidation sites excluding steroid dienone is 1. The molecule has 1 saturated heterocycles. The molecule has 25 heteroatoms. The normalized spacial score (nSPS) is 19.0. The van der Waals surface area contributed by atoms with E-state index in [0.29, 0.717) is 27.7 Å². The Morgan fingerprint density at radius 2 is 1.86 bits per heavy atom. The molecular formula is C33H32N9NaO11S4. The number of aliphatic carboxylic acids is 1. The number of amides is 2. The number of carboxylic acids is 1. The van der Waals surface area contributed by atoms with E-state index in [-0.39, 0.29) is 87.7 Å². The van der Waals surface area contributed by atoms with E-state index in [4.69, 9.17) is 10.6 Å². The number of phenols is 4. The first-order valence-electron chi connectivity index (χ1n) is 16.4. The molecule has 300 valence electrons. The summed E-state index contributed by atoms with van der Waals surface area (Å²) in [6.07, 6.45) is 3.19. The summed E-state index contributed by atoms with van der Waals surface area (Å²) in [7, 11) is -3.99. The smallest absolute Gasteiger partial charge is 1.00 e. The van der Waals surface area contributed by atoms with E-state index in [2.05, 4.69) is 26.0 Å². The maximum Gasteiger partial charge on any atom is 1.00 e. The van der Waals surface area contributed by atoms with Crippen LogP contribution in [0.2, 0.25) is 0 Å². The van der Waals surface area contributed by atoms with Crippen molar-refractivity contribution in [2.24, 2.45) is 10.1 Å². The number of hydrazine groups is 2. The van der Waals surface area contributed by atoms with Crippen LogP contribution in [0.3, 0.4) is 0 Å². The third kappa shape index (κ3) is 8.73. The number of anilines is 1. The van der Waals surface area contributed by atoms with Crippen molar-refractivity contribution in [3.8, 4) is 23.0 Å². The molecule has 7 rings (SSSR count). The number of benzene rings is 2. The summed E-state index contributed by atoms with van der Waals surface area (Å²) in [5.74, 6) is -4.47. The number of phenolic OH excluding ortho intramolecular Hbond substituents is 4. The average molecular weight is 882 g/mol. The Labute approximate surface area is 365 Å². The van der Waals surface area contributed by atoms with Crippen LogP contribution >= 0.6 is 34.9 Å². The molecule has 0 radical (unpaired) electrons. The molecule has 58 heavy (non-hydrogen) atoms. The minimum atomic E-state index is -3.99. The van der Waals surface area contributed by atoms with E-state index in [0.717, 1.165) is 28.4 Å². The molecule has 4 aliphatic heterocycles. The zero-order valence-corrected chi connectivity index (χ0v) is 35.5. The van der Waals surface area contributed by atoms with Gasteiger partial charge in [0.1, 0.15) is 35.3 Å². The number of aromatic nitrogens is 1. The van der Waals surface area contributed by atoms with Gasteiger partial charge in [-0.15, -0.1) is 40.4 Å². The van der Waals surface area contributed by atoms with E-state index >= 15 is 0 Å². The molecule has 2 amide bonds. The maximum atomic E-state index is 13.5. The molecule has 0 unspecified atom stereocenters. The Morgan fingerprint density at radius 1 is 1.14 bits per heavy atom. The Bertz CT molecular complexity index is 2480. The Kier molecular flexibility index (Phi) is 12.6. The molecule has 2 atom stereocenters. The number of hydrogen-bond acceptors (Lipinski definition) is 20. The minimum absolute atomic E-state index is 0. The summed E-state index contributed by atoms with van der Waals surface area (Å²) in [5, 5.41) is 59.7. The molecule has 2 aromatic carbocycles. The number of β-lactam (4-membered cyclic amide) rings is 1. The van der Waals surface area contributed by atoms with Crippen molar-refractivity contribution in [2.75, 3.05) is 23.1 Å². The van der Waals surface area contributed by atoms with Gasteiger partial charge in [0.25, 0.3) is 11.8 Å². The molecule has 9 N–H and O–H groups in total. The van der Waals surface area contributed by atoms with Crippen molar-refractivity contribution in [1.29, 1.82) is 0 Å². The number of carboxylic acid groups (broad SMARTS) is 1. The molecule has 3 aromatic rings. The van der Waals surface area contributed by atoms with Gasteiger partial charge in [-0.05, 0) is 48.4 Å². The van der Waals surface area contributed by atoms with Crippen LogP contribution in [-0.4, -0.2) is 112 Å². The van der Waals surface area contributed by atoms with Crippen LogP contribution in [0.15, 0.2) is 91.2 Å². The van der Waals surface area contributed by atoms with Crippen molar-refractivity contribution >= 4 is 79.0 Å². The number of thioether (sulfide) groups is 2. The monoisotopic (exact) mass is 881 g/mol. The summed E-state index contributed by atoms with van der Waals surface area (Å²) < 4.78 is 26.2. The fourth-order valence-electron chi connectivity index (χ4n) is 5.83. The number of nitrogens with zero attached hydrogens (tertiary/aromatic N) is 6. The van der Waals surface area contributed by atoms with Crippen LogP contribution < -0.4 is 46.1 Å². The van der Waals surface area contributed by atoms with Crippen LogP contribution in [0.25, 0.3) is 0 Å². The third-order valence-electron chi connectivity index (χ3n) is 8.52. The fourth-order valence-corrected chi connectivity index (χ4v) is 10.1. The van der Waals surface area contributed by atoms with Crippen LogP contribution in [0.1, 0.15) is 19.6 Å². The Morgan fingerprint density at radius 3 is 2.53 bits per heavy atom. The number of hydrogen-bond donors (Lipinski definition) is 8. The number of carbonyl (C=O) groups is 3. The summed E-state index contributed by atoms with van der Waals surface area (Å²) in [4.78, 5) is 54.5. The second-order valence-electron chi connectivity index (χ2n) is 12.5. The van der Waals surface area contributed by atoms with Crippen LogP contribution in [0, 0.1) is 0 Å². The largest absolute Gasteiger partial charge is 1.00 e. The minimum Gasteiger partial charge on any atom is -1.00 e. The molecule has 5 heterocycles. The Hall–Kier alpha value is -4.95. The number of fused-ring (bicyclic) bond motifs is 2. The topological polar surface area (TPSA) is 293 Å². The first kappa shape index (κ1) is 42.7. The fraction of sp³-hybridized carbons (Fsp3) is 0.212. The van der Waals surface area contributed by atoms with Crippen molar-refractivity contribution < 1.29 is 84.2 Å². The maximum absolute atomic E-state index is 13.5. The number of rotatable bonds is 13. The molecular weight excluding hydrogens is 850 g/mol. The number of thiazole rings is 1. The number of carbonyl (C=O) groups excluding carboxylic acids is 2. The molecule has 0 aliphatic carbocycles. The summed E-state index contributed by atoms with van der Waals surface area (Å²) in [5.41, 5.74) is 9.70. The van der Waals surface area contributed by atoms with Crippen molar-refractivity contribution in [3.63, 3.8) is 0 Å². The molecule has 1 fully saturated rings. The van der Waals surface area contributed by atoms with Gasteiger partial charge < -0.3 is 42.8 Å². The number of nitrogens with two attached hydrogens (primary N) is 1. The number of oxime groups is 1. The number of nitrogen functional groups attached to an aromatic ring is 1. The quantitative estimate of drug-likeness (QED) is 0.0323. The molecule has 0 bridgehead atoms. The second kappa shape index (κ2) is 17.1. The van der Waals surface area contributed by atoms with Gasteiger partial charge in [0.2, 0.25) is 0 Å². The standard InChI is InChI=1S/C33H31N9O11S4.Na.H/c1-15-6-25(42-24(35-15)9-40(39-42)14-57(51,52)18-3-5-21(44)23(46)8-18)54-11-17-12-55-31-27(30(48)41(31)28(17)32(49)50)37-29(47)26(19-13-56-33(34)36-19)38-53-10-16-2-4-20(43)22(45)7-16;;/h2-9,13,27,31,39,43-46H,10-12,14H2,1H3,(H2,34,36)(H,37,47)(H,49,50);;/q;+1;-1/t27-,31-;;/m1../s1. The van der Waals surface area contributed by atoms with Gasteiger partial charge >= 0.3 is 35.5 Å². The van der Waals surface area contributed by atoms with Gasteiger partial charge in [-0.2, -0.15) is 0 Å². The van der Waals surface area contributed by atoms with Gasteiger partial charge in [-0.25, -0.2) is 28.2 Å². The van der Waals surface area contributed by atoms with Gasteiger partial charge in [0.15, 0.2) is 49.5 Å². The van der Waals surface area contributed by atoms with Gasteiger partial charge in [-0.1, -0.05) is 11.2 Å². The van der Waals surface area contributed by atoms with Gasteiger partial charge in [-0.3, -0.25) is 19.5 Å². The average Bonchev–Trinajstić information content (AvgIpc) is 3.77. The third-order valence-corrected chi connectivity index (χ3v) is 13.2. The van der Waals surface area contributed by atoms with Crippen molar-refractivity contribution in [2.45, 2.75) is 29.8 Å². The second-order valence-corrected chi connectivity index (χ2v) is 17.5. The molecule has 20 nitrogen and oxygen atoms in total. The zero-order chi connectivity index (χ0) is 40.8. The summed E-state index contributed by atoms with van der Waals surface area (Å²) >= 11 is 3.52. The molecule has 4 aliphatic rings. The van der Waals surface area contributed by atoms with Crippen LogP contribution in [0.5, 0.6) is 23.0 Å². The van der Waals surface area contributed by atoms with E-state index in [1.165, 1.54) is 69.4 Å². The summed E-state index contributed by atoms with van der Waals surface area (Å²) in [6.45, 7) is 1.54. The van der Waals surface area contributed by atoms with Crippen molar-refractivity contribution in [1.82, 2.24) is 30.8 Å². The van der Waals surface area contributed by atoms with E-state index in [1.807, 2.05) is 0 Å². The molecule has 0 spiro atoms. The number of nitrogens with one attached hydrogen (secondary N) is 2. The summed E-state index contributed by atoms with van der Waals surface area (Å²) in [6, 6.07) is 6.06. The molecule has 1 aromatic heterocycles. The number of sulfone groups is 1. The van der Waals surface area contributed by atoms with E-state index in [9.17, 15) is 48.3 Å². The zero-order valence-electron chi connectivity index (χ0n) is 31.3. The van der Waals surface area contributed by atoms with Crippen LogP contribution in [0.4, 0.5) is 5.13 Å².